The fraction of sp³-hybridized carbons (Fsp3) is 0.208. The minimum absolute atomic E-state index is 0.0478. The maximum absolute atomic E-state index is 13.8. The van der Waals surface area contributed by atoms with Crippen LogP contribution >= 0.6 is 15.9 Å². The monoisotopic (exact) mass is 464 g/mol. The Balaban J connectivity index is 1.78. The molecule has 0 unspecified atom stereocenters. The summed E-state index contributed by atoms with van der Waals surface area (Å²) in [6.07, 6.45) is 1.69. The van der Waals surface area contributed by atoms with Crippen molar-refractivity contribution in [1.29, 1.82) is 0 Å². The van der Waals surface area contributed by atoms with Gasteiger partial charge in [0, 0.05) is 21.5 Å². The third-order valence-electron chi connectivity index (χ3n) is 6.46. The van der Waals surface area contributed by atoms with Gasteiger partial charge in [0.1, 0.15) is 5.75 Å². The number of Topliss-reactive ketones (excluding diaryl/α,β-unsaturated/α-hetero) is 2. The molecule has 0 bridgehead atoms. The number of carbonyl (C=O) groups is 3. The average Bonchev–Trinajstić information content (AvgIpc) is 3.07. The molecule has 1 aliphatic heterocycles. The molecule has 150 valence electrons. The van der Waals surface area contributed by atoms with Gasteiger partial charge in [0.2, 0.25) is 5.78 Å². The Hall–Kier alpha value is -2.99. The maximum Gasteiger partial charge on any atom is 0.327 e. The number of ether oxygens (including phenoxy) is 1. The predicted molar refractivity (Wildman–Crippen MR) is 111 cm³/mol. The van der Waals surface area contributed by atoms with Gasteiger partial charge >= 0.3 is 5.97 Å². The Labute approximate surface area is 181 Å². The third kappa shape index (κ3) is 2.20. The number of rotatable bonds is 5. The fourth-order valence-corrected chi connectivity index (χ4v) is 5.56. The second-order valence-corrected chi connectivity index (χ2v) is 8.55. The lowest BCUT2D eigenvalue weighted by Gasteiger charge is -2.22. The summed E-state index contributed by atoms with van der Waals surface area (Å²) in [6, 6.07) is 17.2. The van der Waals surface area contributed by atoms with Gasteiger partial charge in [-0.1, -0.05) is 53.2 Å². The lowest BCUT2D eigenvalue weighted by Crippen LogP contribution is -2.39. The van der Waals surface area contributed by atoms with Crippen LogP contribution in [0.3, 0.4) is 0 Å². The average molecular weight is 465 g/mol. The first kappa shape index (κ1) is 19.0. The molecule has 30 heavy (non-hydrogen) atoms. The van der Waals surface area contributed by atoms with E-state index in [1.165, 1.54) is 12.3 Å². The van der Waals surface area contributed by atoms with Crippen molar-refractivity contribution in [2.45, 2.75) is 19.3 Å². The third-order valence-corrected chi connectivity index (χ3v) is 6.95. The number of ketones is 2. The highest BCUT2D eigenvalue weighted by molar-refractivity contribution is 9.10. The van der Waals surface area contributed by atoms with Gasteiger partial charge in [0.05, 0.1) is 11.7 Å². The first-order valence-electron chi connectivity index (χ1n) is 9.68. The van der Waals surface area contributed by atoms with E-state index in [1.807, 2.05) is 19.1 Å². The second kappa shape index (κ2) is 6.51. The maximum atomic E-state index is 13.8. The van der Waals surface area contributed by atoms with Crippen molar-refractivity contribution in [1.82, 2.24) is 0 Å². The Kier molecular flexibility index (Phi) is 4.12. The highest BCUT2D eigenvalue weighted by Crippen LogP contribution is 2.80. The van der Waals surface area contributed by atoms with Crippen molar-refractivity contribution in [3.8, 4) is 5.75 Å². The van der Waals surface area contributed by atoms with E-state index in [2.05, 4.69) is 15.9 Å². The standard InChI is InChI=1S/C24H17BrO5/c1-2-23(20(26)14-7-4-3-5-8-14)19-16-13-15(25)10-11-17(16)30-22(28)24(19,23)21(27)18-9-6-12-29-18/h3-13,19H,2H2,1H3/t19-,23-,24+/m1/s1. The largest absolute Gasteiger partial charge is 0.461 e. The van der Waals surface area contributed by atoms with E-state index in [0.29, 0.717) is 23.3 Å². The Morgan fingerprint density at radius 2 is 1.80 bits per heavy atom. The van der Waals surface area contributed by atoms with Gasteiger partial charge in [-0.3, -0.25) is 14.4 Å². The Morgan fingerprint density at radius 3 is 2.47 bits per heavy atom. The number of hydrogen-bond acceptors (Lipinski definition) is 5. The number of fused-ring (bicyclic) bond motifs is 3. The van der Waals surface area contributed by atoms with E-state index in [1.54, 1.807) is 42.5 Å². The van der Waals surface area contributed by atoms with Crippen LogP contribution in [-0.2, 0) is 4.79 Å². The summed E-state index contributed by atoms with van der Waals surface area (Å²) in [5.74, 6) is -1.65. The second-order valence-electron chi connectivity index (χ2n) is 7.64. The molecule has 3 atom stereocenters. The molecule has 5 rings (SSSR count). The van der Waals surface area contributed by atoms with E-state index >= 15 is 0 Å². The van der Waals surface area contributed by atoms with Crippen molar-refractivity contribution < 1.29 is 23.5 Å². The molecule has 0 radical (unpaired) electrons. The van der Waals surface area contributed by atoms with E-state index in [4.69, 9.17) is 9.15 Å². The van der Waals surface area contributed by atoms with Crippen molar-refractivity contribution in [2.24, 2.45) is 10.8 Å². The van der Waals surface area contributed by atoms with Crippen LogP contribution < -0.4 is 4.74 Å². The lowest BCUT2D eigenvalue weighted by atomic mass is 9.80. The molecule has 0 N–H and O–H groups in total. The highest BCUT2D eigenvalue weighted by atomic mass is 79.9. The van der Waals surface area contributed by atoms with Crippen LogP contribution in [0, 0.1) is 10.8 Å². The highest BCUT2D eigenvalue weighted by Gasteiger charge is 2.89. The zero-order valence-corrected chi connectivity index (χ0v) is 17.6. The molecule has 1 aliphatic carbocycles. The summed E-state index contributed by atoms with van der Waals surface area (Å²) in [5, 5.41) is 0. The van der Waals surface area contributed by atoms with Crippen LogP contribution in [0.4, 0.5) is 0 Å². The van der Waals surface area contributed by atoms with Gasteiger partial charge in [0.25, 0.3) is 0 Å². The lowest BCUT2D eigenvalue weighted by molar-refractivity contribution is -0.140. The smallest absolute Gasteiger partial charge is 0.327 e. The van der Waals surface area contributed by atoms with Gasteiger partial charge in [-0.15, -0.1) is 0 Å². The van der Waals surface area contributed by atoms with Crippen LogP contribution in [0.5, 0.6) is 5.75 Å². The molecule has 6 heteroatoms. The molecular weight excluding hydrogens is 448 g/mol. The van der Waals surface area contributed by atoms with Gasteiger partial charge in [0.15, 0.2) is 17.0 Å². The van der Waals surface area contributed by atoms with E-state index in [-0.39, 0.29) is 11.5 Å². The minimum Gasteiger partial charge on any atom is -0.461 e. The predicted octanol–water partition coefficient (Wildman–Crippen LogP) is 5.21. The number of furan rings is 1. The summed E-state index contributed by atoms with van der Waals surface area (Å²) in [7, 11) is 0. The topological polar surface area (TPSA) is 73.6 Å². The normalized spacial score (nSPS) is 26.3. The first-order valence-corrected chi connectivity index (χ1v) is 10.5. The minimum atomic E-state index is -1.65. The van der Waals surface area contributed by atoms with E-state index in [9.17, 15) is 14.4 Å². The summed E-state index contributed by atoms with van der Waals surface area (Å²) in [4.78, 5) is 40.9. The summed E-state index contributed by atoms with van der Waals surface area (Å²) in [5.41, 5.74) is -1.76. The SMILES string of the molecule is CC[C@]1(C(=O)c2ccccc2)[C@H]2c3cc(Br)ccc3OC(=O)[C@@]21C(=O)c1ccco1. The van der Waals surface area contributed by atoms with Crippen molar-refractivity contribution in [3.63, 3.8) is 0 Å². The molecule has 3 aromatic rings. The molecule has 0 amide bonds. The van der Waals surface area contributed by atoms with Crippen LogP contribution in [0.15, 0.2) is 75.8 Å². The van der Waals surface area contributed by atoms with E-state index in [0.717, 1.165) is 4.47 Å². The number of hydrogen-bond donors (Lipinski definition) is 0. The van der Waals surface area contributed by atoms with Crippen LogP contribution in [0.25, 0.3) is 0 Å². The van der Waals surface area contributed by atoms with E-state index < -0.39 is 28.5 Å². The Morgan fingerprint density at radius 1 is 1.03 bits per heavy atom. The number of halogens is 1. The molecule has 1 aromatic heterocycles. The van der Waals surface area contributed by atoms with Crippen LogP contribution in [0.1, 0.15) is 45.7 Å². The van der Waals surface area contributed by atoms with Gasteiger partial charge in [-0.25, -0.2) is 0 Å². The molecule has 2 heterocycles. The molecule has 1 fully saturated rings. The summed E-state index contributed by atoms with van der Waals surface area (Å²) in [6.45, 7) is 1.83. The number of carbonyl (C=O) groups excluding carboxylic acids is 3. The van der Waals surface area contributed by atoms with Crippen molar-refractivity contribution >= 4 is 33.5 Å². The zero-order valence-electron chi connectivity index (χ0n) is 16.1. The quantitative estimate of drug-likeness (QED) is 0.224. The molecule has 0 spiro atoms. The van der Waals surface area contributed by atoms with Crippen molar-refractivity contribution in [2.75, 3.05) is 0 Å². The molecule has 0 saturated heterocycles. The molecule has 5 nitrogen and oxygen atoms in total. The number of esters is 1. The summed E-state index contributed by atoms with van der Waals surface area (Å²) >= 11 is 3.46. The van der Waals surface area contributed by atoms with Gasteiger partial charge in [-0.05, 0) is 36.8 Å². The zero-order chi connectivity index (χ0) is 21.1. The fourth-order valence-electron chi connectivity index (χ4n) is 5.18. The first-order chi connectivity index (χ1) is 14.5. The Bertz CT molecular complexity index is 1180. The molecular formula is C24H17BrO5. The molecule has 2 aliphatic rings. The van der Waals surface area contributed by atoms with Gasteiger partial charge < -0.3 is 9.15 Å². The molecule has 2 aromatic carbocycles. The van der Waals surface area contributed by atoms with Crippen LogP contribution in [0.2, 0.25) is 0 Å². The van der Waals surface area contributed by atoms with Crippen LogP contribution in [-0.4, -0.2) is 17.5 Å². The summed E-state index contributed by atoms with van der Waals surface area (Å²) < 4.78 is 11.8. The van der Waals surface area contributed by atoms with Crippen molar-refractivity contribution in [3.05, 3.63) is 88.3 Å². The van der Waals surface area contributed by atoms with Gasteiger partial charge in [-0.2, -0.15) is 0 Å². The number of benzene rings is 2. The molecule has 1 saturated carbocycles.